The predicted octanol–water partition coefficient (Wildman–Crippen LogP) is 1.30. The van der Waals surface area contributed by atoms with Gasteiger partial charge in [-0.2, -0.15) is 0 Å². The minimum Gasteiger partial charge on any atom is -0.476 e. The number of hydrogen-bond donors (Lipinski definition) is 2. The van der Waals surface area contributed by atoms with Gasteiger partial charge in [-0.1, -0.05) is 6.42 Å². The monoisotopic (exact) mass is 254 g/mol. The molecule has 1 aromatic heterocycles. The van der Waals surface area contributed by atoms with Gasteiger partial charge in [0.15, 0.2) is 5.69 Å². The predicted molar refractivity (Wildman–Crippen MR) is 63.1 cm³/mol. The number of rotatable bonds is 5. The Morgan fingerprint density at radius 2 is 2.29 bits per heavy atom. The largest absolute Gasteiger partial charge is 0.476 e. The van der Waals surface area contributed by atoms with Gasteiger partial charge in [-0.25, -0.2) is 9.78 Å². The van der Waals surface area contributed by atoms with Crippen molar-refractivity contribution in [3.05, 3.63) is 16.1 Å². The summed E-state index contributed by atoms with van der Waals surface area (Å²) in [6, 6.07) is 0. The van der Waals surface area contributed by atoms with Crippen LogP contribution in [0.2, 0.25) is 0 Å². The van der Waals surface area contributed by atoms with Crippen molar-refractivity contribution >= 4 is 23.2 Å². The van der Waals surface area contributed by atoms with Crippen LogP contribution in [0.15, 0.2) is 5.38 Å². The fourth-order valence-electron chi connectivity index (χ4n) is 1.63. The summed E-state index contributed by atoms with van der Waals surface area (Å²) in [6.45, 7) is 0.530. The molecule has 92 valence electrons. The van der Waals surface area contributed by atoms with Crippen molar-refractivity contribution in [1.82, 2.24) is 10.3 Å². The first-order valence-electron chi connectivity index (χ1n) is 5.62. The van der Waals surface area contributed by atoms with E-state index in [1.54, 1.807) is 0 Å². The highest BCUT2D eigenvalue weighted by Crippen LogP contribution is 2.26. The van der Waals surface area contributed by atoms with Gasteiger partial charge in [0, 0.05) is 24.3 Å². The Bertz CT molecular complexity index is 426. The average molecular weight is 254 g/mol. The van der Waals surface area contributed by atoms with Crippen LogP contribution >= 0.6 is 11.3 Å². The van der Waals surface area contributed by atoms with E-state index in [4.69, 9.17) is 5.11 Å². The average Bonchev–Trinajstić information content (AvgIpc) is 2.63. The molecule has 1 aliphatic rings. The third-order valence-electron chi connectivity index (χ3n) is 2.88. The molecule has 0 saturated heterocycles. The molecule has 1 fully saturated rings. The number of aromatic carboxylic acids is 1. The van der Waals surface area contributed by atoms with Crippen LogP contribution in [0, 0.1) is 5.92 Å². The Balaban J connectivity index is 1.73. The van der Waals surface area contributed by atoms with Crippen molar-refractivity contribution in [1.29, 1.82) is 0 Å². The lowest BCUT2D eigenvalue weighted by molar-refractivity contribution is -0.127. The summed E-state index contributed by atoms with van der Waals surface area (Å²) in [5, 5.41) is 13.8. The minimum absolute atomic E-state index is 0.0790. The van der Waals surface area contributed by atoms with Crippen LogP contribution in [-0.2, 0) is 11.2 Å². The van der Waals surface area contributed by atoms with Gasteiger partial charge in [0.05, 0.1) is 5.01 Å². The molecule has 5 nitrogen and oxygen atoms in total. The van der Waals surface area contributed by atoms with E-state index in [1.165, 1.54) is 16.7 Å². The first-order valence-corrected chi connectivity index (χ1v) is 6.50. The van der Waals surface area contributed by atoms with E-state index in [2.05, 4.69) is 10.3 Å². The Labute approximate surface area is 103 Å². The first-order chi connectivity index (χ1) is 8.16. The van der Waals surface area contributed by atoms with Gasteiger partial charge in [0.25, 0.3) is 0 Å². The molecule has 1 aliphatic carbocycles. The summed E-state index contributed by atoms with van der Waals surface area (Å²) in [6.07, 6.45) is 3.72. The number of carbonyl (C=O) groups is 2. The van der Waals surface area contributed by atoms with E-state index in [9.17, 15) is 9.59 Å². The molecule has 1 heterocycles. The molecule has 0 unspecified atom stereocenters. The Kier molecular flexibility index (Phi) is 3.73. The van der Waals surface area contributed by atoms with Crippen LogP contribution in [0.3, 0.4) is 0 Å². The summed E-state index contributed by atoms with van der Waals surface area (Å²) < 4.78 is 0. The number of nitrogens with zero attached hydrogens (tertiary/aromatic N) is 1. The minimum atomic E-state index is -1.01. The SMILES string of the molecule is O=C(O)c1csc(CCNC(=O)C2CCC2)n1. The number of carboxylic acid groups (broad SMARTS) is 1. The molecule has 0 aromatic carbocycles. The highest BCUT2D eigenvalue weighted by molar-refractivity contribution is 7.09. The third kappa shape index (κ3) is 3.03. The second-order valence-electron chi connectivity index (χ2n) is 4.10. The summed E-state index contributed by atoms with van der Waals surface area (Å²) in [5.74, 6) is -0.696. The van der Waals surface area contributed by atoms with Gasteiger partial charge in [-0.15, -0.1) is 11.3 Å². The van der Waals surface area contributed by atoms with Gasteiger partial charge in [0.2, 0.25) is 5.91 Å². The van der Waals surface area contributed by atoms with Crippen molar-refractivity contribution in [2.75, 3.05) is 6.54 Å². The molecule has 0 aliphatic heterocycles. The molecule has 0 spiro atoms. The maximum absolute atomic E-state index is 11.5. The third-order valence-corrected chi connectivity index (χ3v) is 3.79. The van der Waals surface area contributed by atoms with E-state index in [0.717, 1.165) is 24.3 Å². The number of nitrogens with one attached hydrogen (secondary N) is 1. The van der Waals surface area contributed by atoms with Crippen molar-refractivity contribution in [2.24, 2.45) is 5.92 Å². The molecule has 1 saturated carbocycles. The van der Waals surface area contributed by atoms with Crippen LogP contribution in [0.5, 0.6) is 0 Å². The second-order valence-corrected chi connectivity index (χ2v) is 5.04. The number of aromatic nitrogens is 1. The van der Waals surface area contributed by atoms with Gasteiger partial charge < -0.3 is 10.4 Å². The highest BCUT2D eigenvalue weighted by Gasteiger charge is 2.24. The molecular weight excluding hydrogens is 240 g/mol. The maximum atomic E-state index is 11.5. The molecule has 0 bridgehead atoms. The number of amides is 1. The van der Waals surface area contributed by atoms with Crippen LogP contribution in [0.1, 0.15) is 34.8 Å². The summed E-state index contributed by atoms with van der Waals surface area (Å²) in [7, 11) is 0. The molecule has 0 radical (unpaired) electrons. The van der Waals surface area contributed by atoms with Gasteiger partial charge in [-0.05, 0) is 12.8 Å². The molecule has 2 rings (SSSR count). The molecular formula is C11H14N2O3S. The summed E-state index contributed by atoms with van der Waals surface area (Å²) in [5.41, 5.74) is 0.0790. The van der Waals surface area contributed by atoms with E-state index < -0.39 is 5.97 Å². The van der Waals surface area contributed by atoms with E-state index >= 15 is 0 Å². The Morgan fingerprint density at radius 3 is 2.82 bits per heavy atom. The van der Waals surface area contributed by atoms with Crippen LogP contribution in [0.25, 0.3) is 0 Å². The standard InChI is InChI=1S/C11H14N2O3S/c14-10(7-2-1-3-7)12-5-4-9-13-8(6-17-9)11(15)16/h6-7H,1-5H2,(H,12,14)(H,15,16). The van der Waals surface area contributed by atoms with Crippen LogP contribution in [0.4, 0.5) is 0 Å². The van der Waals surface area contributed by atoms with Crippen molar-refractivity contribution in [3.63, 3.8) is 0 Å². The van der Waals surface area contributed by atoms with Gasteiger partial charge >= 0.3 is 5.97 Å². The molecule has 2 N–H and O–H groups in total. The number of carbonyl (C=O) groups excluding carboxylic acids is 1. The number of carboxylic acids is 1. The Hall–Kier alpha value is -1.43. The topological polar surface area (TPSA) is 79.3 Å². The van der Waals surface area contributed by atoms with Gasteiger partial charge in [0.1, 0.15) is 0 Å². The molecule has 17 heavy (non-hydrogen) atoms. The zero-order valence-electron chi connectivity index (χ0n) is 9.31. The van der Waals surface area contributed by atoms with Crippen molar-refractivity contribution in [3.8, 4) is 0 Å². The maximum Gasteiger partial charge on any atom is 0.355 e. The van der Waals surface area contributed by atoms with E-state index in [1.807, 2.05) is 0 Å². The van der Waals surface area contributed by atoms with E-state index in [-0.39, 0.29) is 17.5 Å². The number of hydrogen-bond acceptors (Lipinski definition) is 4. The molecule has 1 aromatic rings. The zero-order valence-corrected chi connectivity index (χ0v) is 10.1. The lowest BCUT2D eigenvalue weighted by Gasteiger charge is -2.23. The lowest BCUT2D eigenvalue weighted by Crippen LogP contribution is -2.35. The molecule has 6 heteroatoms. The second kappa shape index (κ2) is 5.27. The quantitative estimate of drug-likeness (QED) is 0.830. The van der Waals surface area contributed by atoms with Crippen LogP contribution < -0.4 is 5.32 Å². The van der Waals surface area contributed by atoms with Crippen molar-refractivity contribution < 1.29 is 14.7 Å². The highest BCUT2D eigenvalue weighted by atomic mass is 32.1. The first kappa shape index (κ1) is 12.0. The van der Waals surface area contributed by atoms with Crippen molar-refractivity contribution in [2.45, 2.75) is 25.7 Å². The Morgan fingerprint density at radius 1 is 1.53 bits per heavy atom. The lowest BCUT2D eigenvalue weighted by atomic mass is 9.85. The number of thiazole rings is 1. The zero-order chi connectivity index (χ0) is 12.3. The van der Waals surface area contributed by atoms with Crippen LogP contribution in [-0.4, -0.2) is 28.5 Å². The fourth-order valence-corrected chi connectivity index (χ4v) is 2.40. The molecule has 0 atom stereocenters. The fraction of sp³-hybridized carbons (Fsp3) is 0.545. The summed E-state index contributed by atoms with van der Waals surface area (Å²) >= 11 is 1.31. The van der Waals surface area contributed by atoms with Gasteiger partial charge in [-0.3, -0.25) is 4.79 Å². The smallest absolute Gasteiger partial charge is 0.355 e. The summed E-state index contributed by atoms with van der Waals surface area (Å²) in [4.78, 5) is 26.1. The normalized spacial score (nSPS) is 15.3. The van der Waals surface area contributed by atoms with E-state index in [0.29, 0.717) is 13.0 Å². The molecule has 1 amide bonds.